The van der Waals surface area contributed by atoms with E-state index in [0.29, 0.717) is 11.6 Å². The Kier molecular flexibility index (Phi) is 12.3. The maximum absolute atomic E-state index is 14.6. The molecule has 1 atom stereocenters. The molecule has 1 aromatic heterocycles. The zero-order chi connectivity index (χ0) is 26.5. The second-order valence-corrected chi connectivity index (χ2v) is 9.22. The van der Waals surface area contributed by atoms with Crippen LogP contribution in [0, 0.1) is 5.82 Å². The molecule has 0 radical (unpaired) electrons. The molecule has 1 saturated heterocycles. The smallest absolute Gasteiger partial charge is 0.131 e. The van der Waals surface area contributed by atoms with Crippen molar-refractivity contribution < 1.29 is 4.39 Å². The summed E-state index contributed by atoms with van der Waals surface area (Å²) in [5.41, 5.74) is 5.90. The highest BCUT2D eigenvalue weighted by Gasteiger charge is 2.22. The Morgan fingerprint density at radius 2 is 2.00 bits per heavy atom. The molecule has 2 aromatic rings. The Balaban J connectivity index is 0.000000425. The number of aliphatic imine (C=N–C) groups is 1. The molecular weight excluding hydrogens is 449 g/mol. The Labute approximate surface area is 217 Å². The molecule has 0 aliphatic carbocycles. The van der Waals surface area contributed by atoms with Crippen LogP contribution < -0.4 is 5.32 Å². The lowest BCUT2D eigenvalue weighted by Gasteiger charge is -2.36. The van der Waals surface area contributed by atoms with Gasteiger partial charge in [0.1, 0.15) is 5.82 Å². The van der Waals surface area contributed by atoms with Gasteiger partial charge >= 0.3 is 0 Å². The summed E-state index contributed by atoms with van der Waals surface area (Å²) in [5, 5.41) is 7.53. The number of aromatic nitrogens is 2. The van der Waals surface area contributed by atoms with E-state index in [-0.39, 0.29) is 5.82 Å². The van der Waals surface area contributed by atoms with Gasteiger partial charge in [-0.15, -0.1) is 0 Å². The fraction of sp³-hybridized carbons (Fsp3) is 0.467. The van der Waals surface area contributed by atoms with E-state index in [1.54, 1.807) is 6.07 Å². The highest BCUT2D eigenvalue weighted by atomic mass is 19.1. The van der Waals surface area contributed by atoms with Gasteiger partial charge < -0.3 is 10.2 Å². The van der Waals surface area contributed by atoms with Crippen LogP contribution in [0.5, 0.6) is 0 Å². The average molecular weight is 494 g/mol. The Hall–Kier alpha value is -2.99. The minimum absolute atomic E-state index is 0.207. The van der Waals surface area contributed by atoms with E-state index in [9.17, 15) is 4.39 Å². The highest BCUT2D eigenvalue weighted by molar-refractivity contribution is 6.12. The molecule has 5 nitrogen and oxygen atoms in total. The number of halogens is 1. The average Bonchev–Trinajstić information content (AvgIpc) is 3.28. The van der Waals surface area contributed by atoms with Gasteiger partial charge in [-0.3, -0.25) is 9.67 Å². The van der Waals surface area contributed by atoms with Crippen molar-refractivity contribution in [2.45, 2.75) is 66.8 Å². The molecule has 6 heteroatoms. The number of allylic oxidation sites excluding steroid dienone is 5. The number of nitrogens with one attached hydrogen (secondary N) is 1. The third-order valence-electron chi connectivity index (χ3n) is 6.20. The SMILES string of the molecule is CCCc1cnn(C)c1.C\C=C(C(/C(C)=N/C=C/CC)=C(/C)N1CCNC(C)C1)\c1ccccc1F. The molecule has 36 heavy (non-hydrogen) atoms. The van der Waals surface area contributed by atoms with E-state index in [4.69, 9.17) is 0 Å². The molecule has 1 aliphatic rings. The van der Waals surface area contributed by atoms with Gasteiger partial charge in [-0.1, -0.05) is 50.6 Å². The Bertz CT molecular complexity index is 1080. The van der Waals surface area contributed by atoms with Crippen molar-refractivity contribution in [1.82, 2.24) is 20.0 Å². The second kappa shape index (κ2) is 15.2. The van der Waals surface area contributed by atoms with Crippen molar-refractivity contribution in [3.8, 4) is 0 Å². The molecule has 1 N–H and O–H groups in total. The van der Waals surface area contributed by atoms with E-state index in [2.05, 4.69) is 54.2 Å². The largest absolute Gasteiger partial charge is 0.372 e. The van der Waals surface area contributed by atoms with Crippen LogP contribution in [0.4, 0.5) is 4.39 Å². The summed E-state index contributed by atoms with van der Waals surface area (Å²) in [7, 11) is 1.94. The van der Waals surface area contributed by atoms with Crippen molar-refractivity contribution in [2.75, 3.05) is 19.6 Å². The molecule has 0 saturated carbocycles. The van der Waals surface area contributed by atoms with Crippen molar-refractivity contribution in [2.24, 2.45) is 12.0 Å². The van der Waals surface area contributed by atoms with Crippen LogP contribution in [0.25, 0.3) is 5.57 Å². The number of hydrogen-bond donors (Lipinski definition) is 1. The van der Waals surface area contributed by atoms with Crippen molar-refractivity contribution >= 4 is 11.3 Å². The summed E-state index contributed by atoms with van der Waals surface area (Å²) in [4.78, 5) is 7.02. The lowest BCUT2D eigenvalue weighted by atomic mass is 9.92. The fourth-order valence-electron chi connectivity index (χ4n) is 4.38. The topological polar surface area (TPSA) is 45.5 Å². The molecule has 2 heterocycles. The number of benzene rings is 1. The maximum Gasteiger partial charge on any atom is 0.131 e. The zero-order valence-corrected chi connectivity index (χ0v) is 23.2. The van der Waals surface area contributed by atoms with Gasteiger partial charge in [0.15, 0.2) is 0 Å². The Morgan fingerprint density at radius 3 is 2.58 bits per heavy atom. The molecule has 1 unspecified atom stereocenters. The zero-order valence-electron chi connectivity index (χ0n) is 23.2. The van der Waals surface area contributed by atoms with Crippen molar-refractivity contribution in [3.05, 3.63) is 83.2 Å². The van der Waals surface area contributed by atoms with E-state index >= 15 is 0 Å². The van der Waals surface area contributed by atoms with Gasteiger partial charge in [0, 0.05) is 67.7 Å². The molecule has 1 aliphatic heterocycles. The van der Waals surface area contributed by atoms with Crippen molar-refractivity contribution in [1.29, 1.82) is 0 Å². The molecule has 0 bridgehead atoms. The number of nitrogens with zero attached hydrogens (tertiary/aromatic N) is 4. The number of aryl methyl sites for hydroxylation is 2. The van der Waals surface area contributed by atoms with Gasteiger partial charge in [0.2, 0.25) is 0 Å². The first-order valence-electron chi connectivity index (χ1n) is 13.1. The molecular formula is C30H44FN5. The van der Waals surface area contributed by atoms with Crippen LogP contribution in [0.2, 0.25) is 0 Å². The van der Waals surface area contributed by atoms with Gasteiger partial charge in [-0.25, -0.2) is 4.39 Å². The van der Waals surface area contributed by atoms with Crippen LogP contribution in [-0.2, 0) is 13.5 Å². The number of hydrogen-bond acceptors (Lipinski definition) is 4. The summed E-state index contributed by atoms with van der Waals surface area (Å²) in [6.45, 7) is 15.4. The standard InChI is InChI=1S/C23H32FN3.C7H12N2/c1-6-8-13-26-18(4)23(19(5)27-15-14-25-17(3)16-27)20(7-2)21-11-9-10-12-22(21)24;1-3-4-7-5-8-9(2)6-7/h7-13,17,25H,6,14-16H2,1-5H3;5-6H,3-4H2,1-2H3/b13-8+,20-7-,23-19-,26-18+;. The van der Waals surface area contributed by atoms with Crippen LogP contribution in [-0.4, -0.2) is 46.1 Å². The van der Waals surface area contributed by atoms with E-state index in [1.807, 2.05) is 62.3 Å². The quantitative estimate of drug-likeness (QED) is 0.335. The predicted octanol–water partition coefficient (Wildman–Crippen LogP) is 6.55. The number of piperazine rings is 1. The van der Waals surface area contributed by atoms with Gasteiger partial charge in [0.05, 0.1) is 6.20 Å². The minimum Gasteiger partial charge on any atom is -0.372 e. The van der Waals surface area contributed by atoms with Crippen LogP contribution in [0.15, 0.2) is 71.3 Å². The Morgan fingerprint density at radius 1 is 1.25 bits per heavy atom. The summed E-state index contributed by atoms with van der Waals surface area (Å²) in [6.07, 6.45) is 13.1. The van der Waals surface area contributed by atoms with Crippen molar-refractivity contribution in [3.63, 3.8) is 0 Å². The molecule has 3 rings (SSSR count). The van der Waals surface area contributed by atoms with Crippen LogP contribution >= 0.6 is 0 Å². The minimum atomic E-state index is -0.207. The van der Waals surface area contributed by atoms with Gasteiger partial charge in [-0.05, 0) is 57.7 Å². The fourth-order valence-corrected chi connectivity index (χ4v) is 4.38. The third kappa shape index (κ3) is 8.59. The first-order chi connectivity index (χ1) is 17.3. The molecule has 196 valence electrons. The molecule has 1 aromatic carbocycles. The highest BCUT2D eigenvalue weighted by Crippen LogP contribution is 2.30. The van der Waals surface area contributed by atoms with E-state index < -0.39 is 0 Å². The van der Waals surface area contributed by atoms with E-state index in [1.165, 1.54) is 18.1 Å². The first-order valence-corrected chi connectivity index (χ1v) is 13.1. The summed E-state index contributed by atoms with van der Waals surface area (Å²) < 4.78 is 16.4. The summed E-state index contributed by atoms with van der Waals surface area (Å²) in [6, 6.07) is 7.39. The lowest BCUT2D eigenvalue weighted by Crippen LogP contribution is -2.48. The van der Waals surface area contributed by atoms with Crippen LogP contribution in [0.3, 0.4) is 0 Å². The van der Waals surface area contributed by atoms with E-state index in [0.717, 1.165) is 55.0 Å². The van der Waals surface area contributed by atoms with Crippen LogP contribution in [0.1, 0.15) is 65.5 Å². The predicted molar refractivity (Wildman–Crippen MR) is 152 cm³/mol. The normalized spacial score (nSPS) is 17.7. The van der Waals surface area contributed by atoms with Gasteiger partial charge in [-0.2, -0.15) is 5.10 Å². The first kappa shape index (κ1) is 29.2. The summed E-state index contributed by atoms with van der Waals surface area (Å²) >= 11 is 0. The third-order valence-corrected chi connectivity index (χ3v) is 6.20. The second-order valence-electron chi connectivity index (χ2n) is 9.22. The summed E-state index contributed by atoms with van der Waals surface area (Å²) in [5.74, 6) is -0.207. The maximum atomic E-state index is 14.6. The molecule has 0 amide bonds. The monoisotopic (exact) mass is 493 g/mol. The molecule has 0 spiro atoms. The van der Waals surface area contributed by atoms with Gasteiger partial charge in [0.25, 0.3) is 0 Å². The number of rotatable bonds is 8. The molecule has 1 fully saturated rings. The lowest BCUT2D eigenvalue weighted by molar-refractivity contribution is 0.256.